The number of nitrogens with two attached hydrogens (primary N) is 1. The highest BCUT2D eigenvalue weighted by atomic mass is 16.2. The number of hydrogen-bond donors (Lipinski definition) is 3. The molecule has 3 aromatic rings. The molecule has 3 aromatic carbocycles. The first kappa shape index (κ1) is 32.0. The summed E-state index contributed by atoms with van der Waals surface area (Å²) in [7, 11) is 3.15. The van der Waals surface area contributed by atoms with E-state index in [1.54, 1.807) is 20.2 Å². The van der Waals surface area contributed by atoms with Crippen LogP contribution in [0, 0.1) is 5.92 Å². The van der Waals surface area contributed by atoms with E-state index in [-0.39, 0.29) is 24.7 Å². The Morgan fingerprint density at radius 1 is 0.810 bits per heavy atom. The van der Waals surface area contributed by atoms with Gasteiger partial charge in [-0.25, -0.2) is 0 Å². The maximum Gasteiger partial charge on any atom is 0.261 e. The molecule has 0 spiro atoms. The summed E-state index contributed by atoms with van der Waals surface area (Å²) in [4.78, 5) is 55.0. The fourth-order valence-electron chi connectivity index (χ4n) is 4.61. The molecule has 0 aromatic heterocycles. The maximum atomic E-state index is 14.2. The van der Waals surface area contributed by atoms with Gasteiger partial charge in [-0.1, -0.05) is 85.8 Å². The lowest BCUT2D eigenvalue weighted by Crippen LogP contribution is -2.57. The van der Waals surface area contributed by atoms with Crippen molar-refractivity contribution < 1.29 is 19.2 Å². The Morgan fingerprint density at radius 3 is 2.12 bits per heavy atom. The first-order valence-corrected chi connectivity index (χ1v) is 14.1. The lowest BCUT2D eigenvalue weighted by Gasteiger charge is -2.34. The highest BCUT2D eigenvalue weighted by Crippen LogP contribution is 2.20. The largest absolute Gasteiger partial charge is 0.332 e. The molecule has 4 N–H and O–H groups in total. The van der Waals surface area contributed by atoms with Gasteiger partial charge >= 0.3 is 0 Å². The van der Waals surface area contributed by atoms with Crippen molar-refractivity contribution in [3.63, 3.8) is 0 Å². The molecule has 3 atom stereocenters. The number of nitrogens with zero attached hydrogens (tertiary/aromatic N) is 2. The first-order valence-electron chi connectivity index (χ1n) is 14.1. The van der Waals surface area contributed by atoms with Crippen molar-refractivity contribution in [3.05, 3.63) is 96.1 Å². The van der Waals surface area contributed by atoms with Crippen LogP contribution in [0.25, 0.3) is 10.8 Å². The number of fused-ring (bicyclic) bond motifs is 1. The number of allylic oxidation sites excluding steroid dienone is 1. The zero-order valence-corrected chi connectivity index (χ0v) is 24.7. The monoisotopic (exact) mass is 571 g/mol. The van der Waals surface area contributed by atoms with Gasteiger partial charge in [0.15, 0.2) is 0 Å². The molecule has 42 heavy (non-hydrogen) atoms. The van der Waals surface area contributed by atoms with E-state index in [9.17, 15) is 19.2 Å². The summed E-state index contributed by atoms with van der Waals surface area (Å²) in [5.41, 5.74) is 12.1. The summed E-state index contributed by atoms with van der Waals surface area (Å²) in [6.45, 7) is 3.79. The van der Waals surface area contributed by atoms with Gasteiger partial charge in [0.1, 0.15) is 12.1 Å². The van der Waals surface area contributed by atoms with Crippen LogP contribution in [-0.4, -0.2) is 66.2 Å². The van der Waals surface area contributed by atoms with Crippen molar-refractivity contribution in [2.24, 2.45) is 11.7 Å². The highest BCUT2D eigenvalue weighted by molar-refractivity contribution is 5.95. The number of carbonyl (C=O) groups excluding carboxylic acids is 4. The van der Waals surface area contributed by atoms with Gasteiger partial charge in [-0.05, 0) is 46.9 Å². The van der Waals surface area contributed by atoms with Crippen molar-refractivity contribution in [2.75, 3.05) is 20.6 Å². The van der Waals surface area contributed by atoms with Crippen LogP contribution < -0.4 is 16.6 Å². The number of hydrogen-bond acceptors (Lipinski definition) is 5. The number of hydrazine groups is 1. The topological polar surface area (TPSA) is 125 Å². The van der Waals surface area contributed by atoms with E-state index in [1.165, 1.54) is 22.8 Å². The zero-order valence-electron chi connectivity index (χ0n) is 24.7. The normalized spacial score (nSPS) is 13.3. The quantitative estimate of drug-likeness (QED) is 0.228. The third kappa shape index (κ3) is 9.01. The van der Waals surface area contributed by atoms with Gasteiger partial charge in [0.05, 0.1) is 0 Å². The van der Waals surface area contributed by atoms with Crippen LogP contribution >= 0.6 is 0 Å². The molecule has 0 bridgehead atoms. The summed E-state index contributed by atoms with van der Waals surface area (Å²) in [5, 5.41) is 2.09. The van der Waals surface area contributed by atoms with Crippen LogP contribution in [0.4, 0.5) is 0 Å². The number of likely N-dealkylation sites (N-methyl/N-ethyl adjacent to an activating group) is 2. The van der Waals surface area contributed by atoms with Gasteiger partial charge in [0.25, 0.3) is 5.91 Å². The Morgan fingerprint density at radius 2 is 1.45 bits per heavy atom. The molecule has 222 valence electrons. The minimum Gasteiger partial charge on any atom is -0.332 e. The van der Waals surface area contributed by atoms with E-state index >= 15 is 0 Å². The first-order chi connectivity index (χ1) is 20.1. The third-order valence-corrected chi connectivity index (χ3v) is 7.30. The van der Waals surface area contributed by atoms with Crippen molar-refractivity contribution >= 4 is 34.4 Å². The molecule has 9 heteroatoms. The molecule has 0 saturated carbocycles. The molecule has 0 saturated heterocycles. The van der Waals surface area contributed by atoms with Crippen molar-refractivity contribution in [2.45, 2.75) is 45.2 Å². The highest BCUT2D eigenvalue weighted by Gasteiger charge is 2.35. The lowest BCUT2D eigenvalue weighted by molar-refractivity contribution is -0.146. The van der Waals surface area contributed by atoms with Crippen LogP contribution in [0.2, 0.25) is 0 Å². The van der Waals surface area contributed by atoms with Crippen LogP contribution in [0.15, 0.2) is 84.9 Å². The van der Waals surface area contributed by atoms with Crippen LogP contribution in [0.1, 0.15) is 31.4 Å². The van der Waals surface area contributed by atoms with Gasteiger partial charge < -0.3 is 15.5 Å². The summed E-state index contributed by atoms with van der Waals surface area (Å²) >= 11 is 0. The second kappa shape index (κ2) is 15.5. The second-order valence-electron chi connectivity index (χ2n) is 10.7. The molecule has 4 amide bonds. The molecule has 0 heterocycles. The fourth-order valence-corrected chi connectivity index (χ4v) is 4.61. The Labute approximate surface area is 247 Å². The van der Waals surface area contributed by atoms with Gasteiger partial charge in [-0.2, -0.15) is 0 Å². The number of carbonyl (C=O) groups is 4. The third-order valence-electron chi connectivity index (χ3n) is 7.30. The van der Waals surface area contributed by atoms with E-state index in [0.717, 1.165) is 21.9 Å². The minimum atomic E-state index is -0.949. The molecule has 0 aliphatic rings. The molecule has 0 radical (unpaired) electrons. The number of amides is 4. The second-order valence-corrected chi connectivity index (χ2v) is 10.7. The fraction of sp³-hybridized carbons (Fsp3) is 0.333. The number of benzene rings is 3. The Hall–Kier alpha value is -4.50. The number of nitrogens with one attached hydrogen (secondary N) is 2. The number of rotatable bonds is 12. The average molecular weight is 572 g/mol. The van der Waals surface area contributed by atoms with Crippen LogP contribution in [0.3, 0.4) is 0 Å². The molecule has 9 nitrogen and oxygen atoms in total. The predicted molar refractivity (Wildman–Crippen MR) is 165 cm³/mol. The summed E-state index contributed by atoms with van der Waals surface area (Å²) in [6.07, 6.45) is 4.34. The molecular formula is C33H41N5O4. The van der Waals surface area contributed by atoms with E-state index in [4.69, 9.17) is 5.73 Å². The van der Waals surface area contributed by atoms with Crippen LogP contribution in [-0.2, 0) is 32.0 Å². The molecule has 0 aliphatic heterocycles. The predicted octanol–water partition coefficient (Wildman–Crippen LogP) is 2.99. The Kier molecular flexibility index (Phi) is 11.8. The van der Waals surface area contributed by atoms with Gasteiger partial charge in [0, 0.05) is 33.9 Å². The van der Waals surface area contributed by atoms with Crippen molar-refractivity contribution in [1.29, 1.82) is 0 Å². The van der Waals surface area contributed by atoms with Gasteiger partial charge in [0.2, 0.25) is 17.7 Å². The lowest BCUT2D eigenvalue weighted by atomic mass is 9.98. The Balaban J connectivity index is 1.94. The van der Waals surface area contributed by atoms with Crippen molar-refractivity contribution in [1.82, 2.24) is 20.7 Å². The standard InChI is InChI=1S/C33H41N5O4/c1-23(22-34)11-10-16-31(40)37(3)30(21-26-17-18-27-14-8-9-15-28(27)19-26)33(42)38(4)29(32(41)36-35-24(2)39)20-25-12-6-5-7-13-25/h5-10,12-19,23,29-30H,11,20-22,34H2,1-4H3,(H,35,39)(H,36,41)/t23?,29-,30-/m1/s1. The summed E-state index contributed by atoms with van der Waals surface area (Å²) in [6, 6.07) is 21.3. The van der Waals surface area contributed by atoms with E-state index < -0.39 is 29.8 Å². The van der Waals surface area contributed by atoms with E-state index in [1.807, 2.05) is 79.7 Å². The molecule has 1 unspecified atom stereocenters. The van der Waals surface area contributed by atoms with Gasteiger partial charge in [-0.15, -0.1) is 0 Å². The smallest absolute Gasteiger partial charge is 0.261 e. The average Bonchev–Trinajstić information content (AvgIpc) is 3.00. The minimum absolute atomic E-state index is 0.214. The molecular weight excluding hydrogens is 530 g/mol. The molecule has 0 aliphatic carbocycles. The van der Waals surface area contributed by atoms with E-state index in [2.05, 4.69) is 10.9 Å². The maximum absolute atomic E-state index is 14.2. The summed E-state index contributed by atoms with van der Waals surface area (Å²) in [5.74, 6) is -1.48. The SMILES string of the molecule is CC(=O)NNC(=O)[C@@H](Cc1ccccc1)N(C)C(=O)[C@@H](Cc1ccc2ccccc2c1)N(C)C(=O)C=CCC(C)CN. The van der Waals surface area contributed by atoms with E-state index in [0.29, 0.717) is 13.0 Å². The van der Waals surface area contributed by atoms with Gasteiger partial charge in [-0.3, -0.25) is 30.0 Å². The molecule has 3 rings (SSSR count). The van der Waals surface area contributed by atoms with Crippen LogP contribution in [0.5, 0.6) is 0 Å². The van der Waals surface area contributed by atoms with Crippen molar-refractivity contribution in [3.8, 4) is 0 Å². The zero-order chi connectivity index (χ0) is 30.6. The summed E-state index contributed by atoms with van der Waals surface area (Å²) < 4.78 is 0. The Bertz CT molecular complexity index is 1410. The molecule has 0 fully saturated rings.